The molecule has 58 heavy (non-hydrogen) atoms. The fraction of sp³-hybridized carbons (Fsp3) is 0.381. The van der Waals surface area contributed by atoms with E-state index in [-0.39, 0.29) is 56.9 Å². The number of carbonyl (C=O) groups excluding carboxylic acids is 2. The maximum atomic E-state index is 13.8. The minimum atomic E-state index is -0.850. The average molecular weight is 789 g/mol. The van der Waals surface area contributed by atoms with Crippen molar-refractivity contribution in [3.63, 3.8) is 0 Å². The number of azo groups is 2. The molecule has 2 aromatic heterocycles. The van der Waals surface area contributed by atoms with Gasteiger partial charge in [0.15, 0.2) is 11.6 Å². The van der Waals surface area contributed by atoms with Crippen LogP contribution >= 0.6 is 0 Å². The highest BCUT2D eigenvalue weighted by Gasteiger charge is 2.23. The maximum Gasteiger partial charge on any atom is 0.281 e. The van der Waals surface area contributed by atoms with Crippen LogP contribution in [0.2, 0.25) is 0 Å². The van der Waals surface area contributed by atoms with Gasteiger partial charge in [-0.1, -0.05) is 38.8 Å². The molecule has 16 nitrogen and oxygen atoms in total. The van der Waals surface area contributed by atoms with E-state index in [1.807, 2.05) is 33.8 Å². The van der Waals surface area contributed by atoms with E-state index < -0.39 is 36.0 Å². The summed E-state index contributed by atoms with van der Waals surface area (Å²) in [5, 5.41) is 48.7. The van der Waals surface area contributed by atoms with E-state index >= 15 is 0 Å². The normalized spacial score (nSPS) is 11.2. The van der Waals surface area contributed by atoms with Crippen molar-refractivity contribution in [3.05, 3.63) is 108 Å². The Balaban J connectivity index is 1.69. The second-order valence-corrected chi connectivity index (χ2v) is 13.4. The number of amides is 2. The van der Waals surface area contributed by atoms with Gasteiger partial charge in [-0.15, -0.1) is 10.2 Å². The first kappa shape index (κ1) is 43.8. The molecule has 0 atom stereocenters. The number of unbranched alkanes of at least 4 members (excludes halogenated alkanes) is 2. The molecule has 2 aromatic carbocycles. The lowest BCUT2D eigenvalue weighted by Gasteiger charge is -2.20. The van der Waals surface area contributed by atoms with Gasteiger partial charge in [-0.05, 0) is 82.5 Å². The first-order chi connectivity index (χ1) is 27.9. The molecule has 0 unspecified atom stereocenters. The SMILES string of the molecule is [C-]#[N+]c1c(C)c(N=Nc2cccc(C(=O)N(CC)CCCC)c2)c(=O)n(CCn2c(O)c(C#N)c(C)c(N=Nc3cccc(C(=O)N(CC)CCCC)c3)c2=O)c1O. The zero-order valence-electron chi connectivity index (χ0n) is 33.7. The van der Waals surface area contributed by atoms with Crippen LogP contribution in [0.15, 0.2) is 78.6 Å². The first-order valence-electron chi connectivity index (χ1n) is 19.2. The molecule has 0 fully saturated rings. The third-order valence-corrected chi connectivity index (χ3v) is 9.67. The number of aromatic hydroxyl groups is 2. The van der Waals surface area contributed by atoms with Crippen molar-refractivity contribution in [1.82, 2.24) is 18.9 Å². The van der Waals surface area contributed by atoms with Crippen molar-refractivity contribution in [2.24, 2.45) is 20.5 Å². The Labute approximate surface area is 336 Å². The third-order valence-electron chi connectivity index (χ3n) is 9.67. The Morgan fingerprint density at radius 1 is 0.741 bits per heavy atom. The van der Waals surface area contributed by atoms with Crippen LogP contribution in [0.3, 0.4) is 0 Å². The maximum absolute atomic E-state index is 13.8. The van der Waals surface area contributed by atoms with Crippen LogP contribution in [0, 0.1) is 31.8 Å². The van der Waals surface area contributed by atoms with E-state index in [0.717, 1.165) is 34.8 Å². The molecule has 0 radical (unpaired) electrons. The third kappa shape index (κ3) is 9.70. The predicted octanol–water partition coefficient (Wildman–Crippen LogP) is 8.52. The predicted molar refractivity (Wildman–Crippen MR) is 219 cm³/mol. The van der Waals surface area contributed by atoms with Crippen LogP contribution in [0.1, 0.15) is 90.8 Å². The highest BCUT2D eigenvalue weighted by atomic mass is 16.3. The molecule has 2 amide bonds. The number of carbonyl (C=O) groups is 2. The summed E-state index contributed by atoms with van der Waals surface area (Å²) in [7, 11) is 0. The summed E-state index contributed by atoms with van der Waals surface area (Å²) in [4.78, 5) is 60.8. The molecule has 4 aromatic rings. The average Bonchev–Trinajstić information content (AvgIpc) is 3.22. The molecule has 0 spiro atoms. The van der Waals surface area contributed by atoms with Gasteiger partial charge in [-0.2, -0.15) is 15.5 Å². The lowest BCUT2D eigenvalue weighted by atomic mass is 10.1. The molecule has 0 aliphatic carbocycles. The van der Waals surface area contributed by atoms with Gasteiger partial charge in [-0.25, -0.2) is 4.85 Å². The number of aromatic nitrogens is 2. The standard InChI is InChI=1S/C42H48N10O6/c1-8-12-20-49(10-3)37(53)29-16-14-18-31(24-29)45-47-35-27(5)33(26-43)39(55)51(41(35)57)22-23-52-40(56)34(44-7)28(6)36(42(52)58)48-46-32-19-15-17-30(25-32)38(54)50(11-4)21-13-9-2/h14-19,24-25,55-56H,8-13,20-23H2,1-6H3. The molecule has 4 rings (SSSR count). The van der Waals surface area contributed by atoms with Gasteiger partial charge in [0.25, 0.3) is 22.9 Å². The Morgan fingerprint density at radius 3 is 1.60 bits per heavy atom. The summed E-state index contributed by atoms with van der Waals surface area (Å²) in [6.07, 6.45) is 3.58. The van der Waals surface area contributed by atoms with Crippen molar-refractivity contribution in [1.29, 1.82) is 5.26 Å². The Morgan fingerprint density at radius 2 is 1.19 bits per heavy atom. The van der Waals surface area contributed by atoms with Crippen molar-refractivity contribution in [3.8, 4) is 17.8 Å². The number of pyridine rings is 2. The fourth-order valence-corrected chi connectivity index (χ4v) is 6.20. The number of rotatable bonds is 17. The minimum Gasteiger partial charge on any atom is -0.503 e. The molecule has 0 saturated carbocycles. The molecule has 2 N–H and O–H groups in total. The van der Waals surface area contributed by atoms with E-state index in [4.69, 9.17) is 6.57 Å². The van der Waals surface area contributed by atoms with Gasteiger partial charge < -0.3 is 20.0 Å². The zero-order valence-corrected chi connectivity index (χ0v) is 33.7. The molecule has 0 aliphatic rings. The molecular weight excluding hydrogens is 741 g/mol. The Bertz CT molecular complexity index is 2270. The van der Waals surface area contributed by atoms with Gasteiger partial charge in [0, 0.05) is 56.0 Å². The molecule has 302 valence electrons. The molecule has 0 saturated heterocycles. The summed E-state index contributed by atoms with van der Waals surface area (Å²) in [5.41, 5.74) is -1.35. The number of nitriles is 1. The van der Waals surface area contributed by atoms with Crippen LogP contribution in [-0.2, 0) is 13.1 Å². The van der Waals surface area contributed by atoms with Crippen LogP contribution in [0.4, 0.5) is 28.4 Å². The second kappa shape index (κ2) is 20.3. The number of nitrogens with zero attached hydrogens (tertiary/aromatic N) is 10. The highest BCUT2D eigenvalue weighted by Crippen LogP contribution is 2.35. The van der Waals surface area contributed by atoms with Crippen molar-refractivity contribution < 1.29 is 19.8 Å². The second-order valence-electron chi connectivity index (χ2n) is 13.4. The Kier molecular flexibility index (Phi) is 15.3. The first-order valence-corrected chi connectivity index (χ1v) is 19.2. The highest BCUT2D eigenvalue weighted by molar-refractivity contribution is 5.95. The van der Waals surface area contributed by atoms with E-state index in [1.165, 1.54) is 13.8 Å². The van der Waals surface area contributed by atoms with Crippen molar-refractivity contribution >= 4 is 40.3 Å². The van der Waals surface area contributed by atoms with Crippen LogP contribution in [-0.4, -0.2) is 67.1 Å². The zero-order chi connectivity index (χ0) is 42.5. The number of hydrogen-bond donors (Lipinski definition) is 2. The van der Waals surface area contributed by atoms with Gasteiger partial charge in [0.1, 0.15) is 17.3 Å². The minimum absolute atomic E-state index is 0.0522. The van der Waals surface area contributed by atoms with Crippen LogP contribution in [0.25, 0.3) is 4.85 Å². The summed E-state index contributed by atoms with van der Waals surface area (Å²) in [6.45, 7) is 19.8. The van der Waals surface area contributed by atoms with E-state index in [2.05, 4.69) is 25.3 Å². The summed E-state index contributed by atoms with van der Waals surface area (Å²) < 4.78 is 1.64. The Hall–Kier alpha value is -6.94. The molecular formula is C42H48N10O6. The summed E-state index contributed by atoms with van der Waals surface area (Å²) >= 11 is 0. The fourth-order valence-electron chi connectivity index (χ4n) is 6.20. The molecule has 16 heteroatoms. The molecule has 0 bridgehead atoms. The smallest absolute Gasteiger partial charge is 0.281 e. The number of benzene rings is 2. The van der Waals surface area contributed by atoms with Crippen LogP contribution in [0.5, 0.6) is 11.8 Å². The van der Waals surface area contributed by atoms with Gasteiger partial charge in [0.2, 0.25) is 11.6 Å². The van der Waals surface area contributed by atoms with E-state index in [0.29, 0.717) is 37.3 Å². The topological polar surface area (TPSA) is 203 Å². The van der Waals surface area contributed by atoms with Crippen molar-refractivity contribution in [2.75, 3.05) is 26.2 Å². The summed E-state index contributed by atoms with van der Waals surface area (Å²) in [5.74, 6) is -1.74. The van der Waals surface area contributed by atoms with E-state index in [1.54, 1.807) is 58.3 Å². The lowest BCUT2D eigenvalue weighted by Crippen LogP contribution is -2.31. The largest absolute Gasteiger partial charge is 0.503 e. The van der Waals surface area contributed by atoms with Crippen molar-refractivity contribution in [2.45, 2.75) is 80.3 Å². The van der Waals surface area contributed by atoms with E-state index in [9.17, 15) is 34.7 Å². The number of hydrogen-bond acceptors (Lipinski definition) is 11. The van der Waals surface area contributed by atoms with Crippen LogP contribution < -0.4 is 11.1 Å². The molecule has 2 heterocycles. The van der Waals surface area contributed by atoms with Gasteiger partial charge in [0.05, 0.1) is 17.9 Å². The lowest BCUT2D eigenvalue weighted by molar-refractivity contribution is 0.0754. The van der Waals surface area contributed by atoms with Gasteiger partial charge >= 0.3 is 0 Å². The monoisotopic (exact) mass is 788 g/mol. The quantitative estimate of drug-likeness (QED) is 0.0788. The molecule has 0 aliphatic heterocycles. The summed E-state index contributed by atoms with van der Waals surface area (Å²) in [6, 6.07) is 14.8. The van der Waals surface area contributed by atoms with Gasteiger partial charge in [-0.3, -0.25) is 28.3 Å².